The molecular formula is C11H10ClN3O2S. The third-order valence-electron chi connectivity index (χ3n) is 2.40. The average molecular weight is 284 g/mol. The third-order valence-corrected chi connectivity index (χ3v) is 3.29. The Morgan fingerprint density at radius 1 is 1.56 bits per heavy atom. The van der Waals surface area contributed by atoms with Crippen LogP contribution in [0, 0.1) is 10.1 Å². The van der Waals surface area contributed by atoms with Crippen molar-refractivity contribution in [1.82, 2.24) is 4.98 Å². The summed E-state index contributed by atoms with van der Waals surface area (Å²) in [5.41, 5.74) is 1.03. The second-order valence-electron chi connectivity index (χ2n) is 3.71. The molecule has 2 aromatic rings. The van der Waals surface area contributed by atoms with Crippen LogP contribution in [0.15, 0.2) is 29.0 Å². The van der Waals surface area contributed by atoms with Gasteiger partial charge in [-0.15, -0.1) is 0 Å². The van der Waals surface area contributed by atoms with E-state index in [1.54, 1.807) is 11.3 Å². The molecule has 2 aromatic heterocycles. The minimum Gasteiger partial charge on any atom is -0.363 e. The second-order valence-corrected chi connectivity index (χ2v) is 4.88. The number of anilines is 1. The number of pyridine rings is 1. The van der Waals surface area contributed by atoms with Crippen LogP contribution < -0.4 is 5.32 Å². The van der Waals surface area contributed by atoms with Crippen LogP contribution >= 0.6 is 22.9 Å². The highest BCUT2D eigenvalue weighted by atomic mass is 35.5. The first-order valence-electron chi connectivity index (χ1n) is 5.17. The molecule has 94 valence electrons. The minimum absolute atomic E-state index is 0.0156. The van der Waals surface area contributed by atoms with Gasteiger partial charge in [-0.05, 0) is 29.3 Å². The Hall–Kier alpha value is -1.66. The molecule has 0 saturated carbocycles. The Labute approximate surface area is 113 Å². The van der Waals surface area contributed by atoms with Gasteiger partial charge in [-0.2, -0.15) is 11.3 Å². The number of nitrogens with one attached hydrogen (secondary N) is 1. The maximum Gasteiger partial charge on any atom is 0.276 e. The van der Waals surface area contributed by atoms with E-state index in [1.165, 1.54) is 12.1 Å². The molecule has 0 fully saturated rings. The van der Waals surface area contributed by atoms with Gasteiger partial charge in [0.2, 0.25) is 0 Å². The van der Waals surface area contributed by atoms with Crippen LogP contribution in [0.1, 0.15) is 18.5 Å². The zero-order chi connectivity index (χ0) is 13.1. The molecule has 0 aliphatic rings. The number of thiophene rings is 1. The van der Waals surface area contributed by atoms with Crippen LogP contribution in [0.2, 0.25) is 5.15 Å². The predicted octanol–water partition coefficient (Wildman–Crippen LogP) is 3.88. The molecule has 0 aliphatic heterocycles. The summed E-state index contributed by atoms with van der Waals surface area (Å²) in [4.78, 5) is 14.2. The van der Waals surface area contributed by atoms with Crippen molar-refractivity contribution in [2.75, 3.05) is 5.32 Å². The predicted molar refractivity (Wildman–Crippen MR) is 72.3 cm³/mol. The van der Waals surface area contributed by atoms with E-state index in [2.05, 4.69) is 10.3 Å². The fourth-order valence-electron chi connectivity index (χ4n) is 1.49. The van der Waals surface area contributed by atoms with Crippen molar-refractivity contribution in [1.29, 1.82) is 0 Å². The van der Waals surface area contributed by atoms with E-state index >= 15 is 0 Å². The van der Waals surface area contributed by atoms with Gasteiger partial charge in [-0.3, -0.25) is 10.1 Å². The molecule has 1 N–H and O–H groups in total. The van der Waals surface area contributed by atoms with Gasteiger partial charge in [-0.25, -0.2) is 4.98 Å². The quantitative estimate of drug-likeness (QED) is 0.525. The van der Waals surface area contributed by atoms with Gasteiger partial charge in [0.1, 0.15) is 11.0 Å². The molecule has 0 bridgehead atoms. The second kappa shape index (κ2) is 5.32. The normalized spacial score (nSPS) is 12.1. The number of hydrogen-bond donors (Lipinski definition) is 1. The Morgan fingerprint density at radius 2 is 2.33 bits per heavy atom. The summed E-state index contributed by atoms with van der Waals surface area (Å²) in [7, 11) is 0. The average Bonchev–Trinajstić information content (AvgIpc) is 2.81. The summed E-state index contributed by atoms with van der Waals surface area (Å²) in [5, 5.41) is 17.9. The Morgan fingerprint density at radius 3 is 2.94 bits per heavy atom. The lowest BCUT2D eigenvalue weighted by Crippen LogP contribution is -2.07. The molecule has 7 heteroatoms. The van der Waals surface area contributed by atoms with Gasteiger partial charge < -0.3 is 5.32 Å². The molecule has 0 saturated heterocycles. The summed E-state index contributed by atoms with van der Waals surface area (Å²) < 4.78 is 0. The first-order chi connectivity index (χ1) is 8.56. The minimum atomic E-state index is -0.492. The molecular weight excluding hydrogens is 274 g/mol. The Bertz CT molecular complexity index is 559. The van der Waals surface area contributed by atoms with Gasteiger partial charge in [0.05, 0.1) is 23.1 Å². The summed E-state index contributed by atoms with van der Waals surface area (Å²) in [6, 6.07) is 4.60. The number of aromatic nitrogens is 1. The van der Waals surface area contributed by atoms with Crippen molar-refractivity contribution in [3.8, 4) is 0 Å². The molecule has 5 nitrogen and oxygen atoms in total. The maximum atomic E-state index is 10.7. The van der Waals surface area contributed by atoms with Crippen molar-refractivity contribution in [2.24, 2.45) is 0 Å². The molecule has 0 amide bonds. The SMILES string of the molecule is CC(Nc1cc([N+](=O)[O-])cc(Cl)n1)c1ccsc1. The van der Waals surface area contributed by atoms with E-state index in [9.17, 15) is 10.1 Å². The Kier molecular flexibility index (Phi) is 3.78. The van der Waals surface area contributed by atoms with E-state index in [4.69, 9.17) is 11.6 Å². The molecule has 18 heavy (non-hydrogen) atoms. The topological polar surface area (TPSA) is 68.1 Å². The van der Waals surface area contributed by atoms with E-state index in [0.29, 0.717) is 5.82 Å². The molecule has 2 heterocycles. The Balaban J connectivity index is 2.21. The number of nitrogens with zero attached hydrogens (tertiary/aromatic N) is 2. The van der Waals surface area contributed by atoms with Crippen LogP contribution in [0.25, 0.3) is 0 Å². The molecule has 0 spiro atoms. The molecule has 0 aliphatic carbocycles. The van der Waals surface area contributed by atoms with Gasteiger partial charge >= 0.3 is 0 Å². The third kappa shape index (κ3) is 2.96. The van der Waals surface area contributed by atoms with E-state index in [-0.39, 0.29) is 16.9 Å². The van der Waals surface area contributed by atoms with Crippen molar-refractivity contribution in [2.45, 2.75) is 13.0 Å². The summed E-state index contributed by atoms with van der Waals surface area (Å²) >= 11 is 7.34. The first-order valence-corrected chi connectivity index (χ1v) is 6.49. The van der Waals surface area contributed by atoms with Crippen molar-refractivity contribution in [3.05, 3.63) is 49.8 Å². The van der Waals surface area contributed by atoms with Gasteiger partial charge in [0.25, 0.3) is 5.69 Å². The van der Waals surface area contributed by atoms with Gasteiger partial charge in [0.15, 0.2) is 0 Å². The van der Waals surface area contributed by atoms with E-state index < -0.39 is 4.92 Å². The summed E-state index contributed by atoms with van der Waals surface area (Å²) in [6.45, 7) is 1.95. The standard InChI is InChI=1S/C11H10ClN3O2S/c1-7(8-2-3-18-6-8)13-11-5-9(15(16)17)4-10(12)14-11/h2-7H,1H3,(H,13,14). The first kappa shape index (κ1) is 12.8. The lowest BCUT2D eigenvalue weighted by Gasteiger charge is -2.13. The summed E-state index contributed by atoms with van der Waals surface area (Å²) in [6.07, 6.45) is 0. The van der Waals surface area contributed by atoms with Crippen LogP contribution in [0.3, 0.4) is 0 Å². The molecule has 2 rings (SSSR count). The monoisotopic (exact) mass is 283 g/mol. The highest BCUT2D eigenvalue weighted by molar-refractivity contribution is 7.07. The number of hydrogen-bond acceptors (Lipinski definition) is 5. The molecule has 1 unspecified atom stereocenters. The largest absolute Gasteiger partial charge is 0.363 e. The van der Waals surface area contributed by atoms with E-state index in [1.807, 2.05) is 23.8 Å². The lowest BCUT2D eigenvalue weighted by atomic mass is 10.2. The lowest BCUT2D eigenvalue weighted by molar-refractivity contribution is -0.384. The van der Waals surface area contributed by atoms with Crippen LogP contribution in [0.4, 0.5) is 11.5 Å². The van der Waals surface area contributed by atoms with Crippen LogP contribution in [-0.4, -0.2) is 9.91 Å². The van der Waals surface area contributed by atoms with Crippen molar-refractivity contribution in [3.63, 3.8) is 0 Å². The van der Waals surface area contributed by atoms with E-state index in [0.717, 1.165) is 5.56 Å². The molecule has 0 aromatic carbocycles. The van der Waals surface area contributed by atoms with Crippen LogP contribution in [0.5, 0.6) is 0 Å². The van der Waals surface area contributed by atoms with Gasteiger partial charge in [-0.1, -0.05) is 11.6 Å². The smallest absolute Gasteiger partial charge is 0.276 e. The number of nitro groups is 1. The highest BCUT2D eigenvalue weighted by Gasteiger charge is 2.12. The maximum absolute atomic E-state index is 10.7. The molecule has 0 radical (unpaired) electrons. The zero-order valence-electron chi connectivity index (χ0n) is 9.46. The highest BCUT2D eigenvalue weighted by Crippen LogP contribution is 2.24. The fraction of sp³-hybridized carbons (Fsp3) is 0.182. The summed E-state index contributed by atoms with van der Waals surface area (Å²) in [5.74, 6) is 0.396. The van der Waals surface area contributed by atoms with Gasteiger partial charge in [0, 0.05) is 0 Å². The molecule has 1 atom stereocenters. The van der Waals surface area contributed by atoms with Crippen molar-refractivity contribution >= 4 is 34.4 Å². The fourth-order valence-corrected chi connectivity index (χ4v) is 2.45. The zero-order valence-corrected chi connectivity index (χ0v) is 11.0. The number of halogens is 1. The number of rotatable bonds is 4. The van der Waals surface area contributed by atoms with Crippen LogP contribution in [-0.2, 0) is 0 Å². The van der Waals surface area contributed by atoms with Crippen molar-refractivity contribution < 1.29 is 4.92 Å².